The smallest absolute Gasteiger partial charge is 0.199 e. The first kappa shape index (κ1) is 10.3. The van der Waals surface area contributed by atoms with Gasteiger partial charge in [0.05, 0.1) is 6.04 Å². The minimum atomic E-state index is -0.112. The lowest BCUT2D eigenvalue weighted by molar-refractivity contribution is 0.0889. The van der Waals surface area contributed by atoms with Crippen LogP contribution in [0.3, 0.4) is 0 Å². The Bertz CT molecular complexity index is 339. The second-order valence-electron chi connectivity index (χ2n) is 3.85. The number of hydrogen-bond acceptors (Lipinski definition) is 4. The van der Waals surface area contributed by atoms with Crippen molar-refractivity contribution < 1.29 is 4.79 Å². The van der Waals surface area contributed by atoms with E-state index in [2.05, 4.69) is 15.2 Å². The Morgan fingerprint density at radius 2 is 2.47 bits per heavy atom. The summed E-state index contributed by atoms with van der Waals surface area (Å²) in [4.78, 5) is 18.2. The van der Waals surface area contributed by atoms with E-state index in [1.807, 2.05) is 19.2 Å². The van der Waals surface area contributed by atoms with Crippen LogP contribution in [0.2, 0.25) is 0 Å². The Morgan fingerprint density at radius 3 is 3.13 bits per heavy atom. The Labute approximate surface area is 89.3 Å². The van der Waals surface area contributed by atoms with Crippen LogP contribution < -0.4 is 5.32 Å². The molecule has 4 nitrogen and oxygen atoms in total. The summed E-state index contributed by atoms with van der Waals surface area (Å²) in [7, 11) is 2.03. The number of piperazine rings is 1. The van der Waals surface area contributed by atoms with E-state index in [0.29, 0.717) is 5.69 Å². The fourth-order valence-corrected chi connectivity index (χ4v) is 1.76. The summed E-state index contributed by atoms with van der Waals surface area (Å²) in [6, 6.07) is 5.31. The molecule has 15 heavy (non-hydrogen) atoms. The monoisotopic (exact) mass is 205 g/mol. The van der Waals surface area contributed by atoms with Crippen LogP contribution >= 0.6 is 0 Å². The van der Waals surface area contributed by atoms with Crippen molar-refractivity contribution in [2.75, 3.05) is 26.7 Å². The van der Waals surface area contributed by atoms with Gasteiger partial charge in [-0.2, -0.15) is 0 Å². The summed E-state index contributed by atoms with van der Waals surface area (Å²) >= 11 is 0. The van der Waals surface area contributed by atoms with Crippen molar-refractivity contribution in [1.82, 2.24) is 15.2 Å². The highest BCUT2D eigenvalue weighted by atomic mass is 16.1. The SMILES string of the molecule is CN1CCNC(C(=O)c2ccccn2)C1. The zero-order chi connectivity index (χ0) is 10.7. The fourth-order valence-electron chi connectivity index (χ4n) is 1.76. The van der Waals surface area contributed by atoms with E-state index in [0.717, 1.165) is 19.6 Å². The van der Waals surface area contributed by atoms with Crippen LogP contribution in [0.4, 0.5) is 0 Å². The van der Waals surface area contributed by atoms with E-state index in [1.54, 1.807) is 12.3 Å². The van der Waals surface area contributed by atoms with Crippen molar-refractivity contribution in [2.24, 2.45) is 0 Å². The molecule has 1 aliphatic heterocycles. The van der Waals surface area contributed by atoms with Gasteiger partial charge in [-0.05, 0) is 19.2 Å². The van der Waals surface area contributed by atoms with E-state index >= 15 is 0 Å². The van der Waals surface area contributed by atoms with Crippen molar-refractivity contribution in [2.45, 2.75) is 6.04 Å². The number of hydrogen-bond donors (Lipinski definition) is 1. The molecule has 1 aromatic heterocycles. The normalized spacial score (nSPS) is 22.6. The Balaban J connectivity index is 2.08. The number of ketones is 1. The van der Waals surface area contributed by atoms with E-state index in [-0.39, 0.29) is 11.8 Å². The molecule has 1 fully saturated rings. The molecule has 0 radical (unpaired) electrons. The molecule has 0 amide bonds. The maximum atomic E-state index is 12.0. The average molecular weight is 205 g/mol. The molecule has 1 aromatic rings. The molecule has 0 aromatic carbocycles. The summed E-state index contributed by atoms with van der Waals surface area (Å²) < 4.78 is 0. The third kappa shape index (κ3) is 2.40. The molecule has 1 saturated heterocycles. The van der Waals surface area contributed by atoms with E-state index in [1.165, 1.54) is 0 Å². The largest absolute Gasteiger partial charge is 0.305 e. The lowest BCUT2D eigenvalue weighted by Gasteiger charge is -2.29. The van der Waals surface area contributed by atoms with Crippen LogP contribution in [-0.2, 0) is 0 Å². The number of carbonyl (C=O) groups excluding carboxylic acids is 1. The minimum absolute atomic E-state index is 0.0853. The zero-order valence-electron chi connectivity index (χ0n) is 8.81. The topological polar surface area (TPSA) is 45.2 Å². The molecule has 1 N–H and O–H groups in total. The Morgan fingerprint density at radius 1 is 1.60 bits per heavy atom. The summed E-state index contributed by atoms with van der Waals surface area (Å²) in [5.74, 6) is 0.0853. The molecule has 0 saturated carbocycles. The van der Waals surface area contributed by atoms with Gasteiger partial charge in [-0.1, -0.05) is 6.07 Å². The maximum Gasteiger partial charge on any atom is 0.199 e. The number of carbonyl (C=O) groups is 1. The van der Waals surface area contributed by atoms with E-state index in [9.17, 15) is 4.79 Å². The van der Waals surface area contributed by atoms with Gasteiger partial charge in [0.25, 0.3) is 0 Å². The number of likely N-dealkylation sites (N-methyl/N-ethyl adjacent to an activating group) is 1. The summed E-state index contributed by atoms with van der Waals surface area (Å²) in [5, 5.41) is 3.22. The maximum absolute atomic E-state index is 12.0. The van der Waals surface area contributed by atoms with Crippen LogP contribution in [0.1, 0.15) is 10.5 Å². The van der Waals surface area contributed by atoms with E-state index < -0.39 is 0 Å². The van der Waals surface area contributed by atoms with Gasteiger partial charge in [-0.15, -0.1) is 0 Å². The van der Waals surface area contributed by atoms with Crippen molar-refractivity contribution in [3.05, 3.63) is 30.1 Å². The van der Waals surface area contributed by atoms with Crippen molar-refractivity contribution in [1.29, 1.82) is 0 Å². The quantitative estimate of drug-likeness (QED) is 0.699. The predicted molar refractivity (Wildman–Crippen MR) is 57.9 cm³/mol. The van der Waals surface area contributed by atoms with Gasteiger partial charge < -0.3 is 10.2 Å². The minimum Gasteiger partial charge on any atom is -0.305 e. The molecule has 1 atom stereocenters. The van der Waals surface area contributed by atoms with Crippen molar-refractivity contribution in [3.63, 3.8) is 0 Å². The van der Waals surface area contributed by atoms with E-state index in [4.69, 9.17) is 0 Å². The molecule has 0 bridgehead atoms. The Hall–Kier alpha value is -1.26. The number of aromatic nitrogens is 1. The van der Waals surface area contributed by atoms with Gasteiger partial charge in [0.1, 0.15) is 5.69 Å². The number of nitrogens with one attached hydrogen (secondary N) is 1. The zero-order valence-corrected chi connectivity index (χ0v) is 8.81. The molecule has 1 aliphatic rings. The third-order valence-electron chi connectivity index (χ3n) is 2.61. The average Bonchev–Trinajstić information content (AvgIpc) is 2.29. The molecule has 0 aliphatic carbocycles. The number of nitrogens with zero attached hydrogens (tertiary/aromatic N) is 2. The van der Waals surface area contributed by atoms with Crippen LogP contribution in [0.25, 0.3) is 0 Å². The first-order valence-electron chi connectivity index (χ1n) is 5.14. The third-order valence-corrected chi connectivity index (χ3v) is 2.61. The summed E-state index contributed by atoms with van der Waals surface area (Å²) in [5.41, 5.74) is 0.547. The van der Waals surface area contributed by atoms with Crippen molar-refractivity contribution in [3.8, 4) is 0 Å². The first-order chi connectivity index (χ1) is 7.27. The van der Waals surface area contributed by atoms with Gasteiger partial charge >= 0.3 is 0 Å². The van der Waals surface area contributed by atoms with Gasteiger partial charge in [0.2, 0.25) is 0 Å². The van der Waals surface area contributed by atoms with Crippen LogP contribution in [0.15, 0.2) is 24.4 Å². The number of pyridine rings is 1. The predicted octanol–water partition coefficient (Wildman–Crippen LogP) is 0.168. The lowest BCUT2D eigenvalue weighted by Crippen LogP contribution is -2.52. The Kier molecular flexibility index (Phi) is 3.08. The highest BCUT2D eigenvalue weighted by molar-refractivity contribution is 5.98. The second-order valence-corrected chi connectivity index (χ2v) is 3.85. The molecule has 2 rings (SSSR count). The highest BCUT2D eigenvalue weighted by Gasteiger charge is 2.24. The molecular weight excluding hydrogens is 190 g/mol. The van der Waals surface area contributed by atoms with Gasteiger partial charge in [-0.3, -0.25) is 9.78 Å². The highest BCUT2D eigenvalue weighted by Crippen LogP contribution is 2.04. The second kappa shape index (κ2) is 4.51. The lowest BCUT2D eigenvalue weighted by atomic mass is 10.1. The van der Waals surface area contributed by atoms with Crippen molar-refractivity contribution >= 4 is 5.78 Å². The molecule has 1 unspecified atom stereocenters. The molecule has 2 heterocycles. The van der Waals surface area contributed by atoms with Gasteiger partial charge in [0, 0.05) is 25.8 Å². The summed E-state index contributed by atoms with van der Waals surface area (Å²) in [6.45, 7) is 2.61. The standard InChI is InChI=1S/C11H15N3O/c1-14-7-6-13-10(8-14)11(15)9-4-2-3-5-12-9/h2-5,10,13H,6-8H2,1H3. The van der Waals surface area contributed by atoms with Gasteiger partial charge in [0.15, 0.2) is 5.78 Å². The summed E-state index contributed by atoms with van der Waals surface area (Å²) in [6.07, 6.45) is 1.65. The number of rotatable bonds is 2. The number of Topliss-reactive ketones (excluding diaryl/α,β-unsaturated/α-hetero) is 1. The molecular formula is C11H15N3O. The van der Waals surface area contributed by atoms with Gasteiger partial charge in [-0.25, -0.2) is 0 Å². The molecule has 4 heteroatoms. The van der Waals surface area contributed by atoms with Crippen LogP contribution in [0, 0.1) is 0 Å². The fraction of sp³-hybridized carbons (Fsp3) is 0.455. The van der Waals surface area contributed by atoms with Crippen LogP contribution in [-0.4, -0.2) is 48.4 Å². The molecule has 0 spiro atoms. The molecule has 80 valence electrons. The van der Waals surface area contributed by atoms with Crippen LogP contribution in [0.5, 0.6) is 0 Å². The first-order valence-corrected chi connectivity index (χ1v) is 5.14.